The van der Waals surface area contributed by atoms with E-state index in [-0.39, 0.29) is 17.1 Å². The van der Waals surface area contributed by atoms with Gasteiger partial charge in [0.15, 0.2) is 0 Å². The Kier molecular flexibility index (Phi) is 5.74. The highest BCUT2D eigenvalue weighted by Gasteiger charge is 2.28. The summed E-state index contributed by atoms with van der Waals surface area (Å²) in [7, 11) is 0. The number of benzene rings is 2. The summed E-state index contributed by atoms with van der Waals surface area (Å²) in [5.41, 5.74) is -1.14. The van der Waals surface area contributed by atoms with E-state index in [1.54, 1.807) is 37.3 Å². The molecule has 0 aliphatic rings. The quantitative estimate of drug-likeness (QED) is 0.458. The molecule has 0 unspecified atom stereocenters. The maximum Gasteiger partial charge on any atom is 0.398 e. The highest BCUT2D eigenvalue weighted by atomic mass is 32.2. The number of hydrogen-bond donors (Lipinski definition) is 0. The van der Waals surface area contributed by atoms with E-state index >= 15 is 0 Å². The Bertz CT molecular complexity index is 1150. The van der Waals surface area contributed by atoms with Crippen LogP contribution in [0, 0.1) is 12.7 Å². The third-order valence-corrected chi connectivity index (χ3v) is 5.43. The molecule has 3 rings (SSSR count). The molecule has 1 heterocycles. The van der Waals surface area contributed by atoms with Gasteiger partial charge in [-0.3, -0.25) is 0 Å². The lowest BCUT2D eigenvalue weighted by atomic mass is 10.2. The summed E-state index contributed by atoms with van der Waals surface area (Å²) in [5, 5.41) is 0. The molecule has 0 aliphatic carbocycles. The fourth-order valence-electron chi connectivity index (χ4n) is 2.91. The first-order chi connectivity index (χ1) is 13.6. The van der Waals surface area contributed by atoms with Crippen molar-refractivity contribution in [3.8, 4) is 11.4 Å². The Balaban J connectivity index is 2.21. The molecule has 0 fully saturated rings. The zero-order valence-corrected chi connectivity index (χ0v) is 16.4. The van der Waals surface area contributed by atoms with E-state index in [9.17, 15) is 27.2 Å². The van der Waals surface area contributed by atoms with Gasteiger partial charge < -0.3 is 0 Å². The first-order valence-electron chi connectivity index (χ1n) is 8.64. The van der Waals surface area contributed by atoms with Crippen LogP contribution in [0.15, 0.2) is 56.9 Å². The molecule has 10 heteroatoms. The van der Waals surface area contributed by atoms with Gasteiger partial charge in [-0.25, -0.2) is 23.2 Å². The van der Waals surface area contributed by atoms with Crippen LogP contribution in [-0.4, -0.2) is 25.9 Å². The van der Waals surface area contributed by atoms with Crippen molar-refractivity contribution in [2.45, 2.75) is 31.5 Å². The molecule has 0 amide bonds. The smallest absolute Gasteiger partial charge is 0.245 e. The second-order valence-corrected chi connectivity index (χ2v) is 7.25. The lowest BCUT2D eigenvalue weighted by Crippen LogP contribution is -2.27. The van der Waals surface area contributed by atoms with Gasteiger partial charge in [-0.15, -0.1) is 11.8 Å². The van der Waals surface area contributed by atoms with Crippen molar-refractivity contribution < 1.29 is 17.6 Å². The summed E-state index contributed by atoms with van der Waals surface area (Å²) in [4.78, 5) is 25.9. The highest BCUT2D eigenvalue weighted by molar-refractivity contribution is 7.99. The minimum atomic E-state index is -4.40. The monoisotopic (exact) mass is 427 g/mol. The number of nitrogens with zero attached hydrogens (tertiary/aromatic N) is 3. The Morgan fingerprint density at radius 3 is 2.28 bits per heavy atom. The maximum atomic E-state index is 14.7. The molecule has 2 aromatic carbocycles. The van der Waals surface area contributed by atoms with Crippen molar-refractivity contribution in [2.24, 2.45) is 0 Å². The molecule has 0 atom stereocenters. The summed E-state index contributed by atoms with van der Waals surface area (Å²) in [6.45, 7) is 3.15. The molecule has 0 spiro atoms. The molecule has 3 aromatic rings. The van der Waals surface area contributed by atoms with Gasteiger partial charge in [-0.05, 0) is 43.7 Å². The summed E-state index contributed by atoms with van der Waals surface area (Å²) < 4.78 is 55.3. The summed E-state index contributed by atoms with van der Waals surface area (Å²) >= 11 is 0.497. The number of halogens is 4. The van der Waals surface area contributed by atoms with Crippen LogP contribution in [0.2, 0.25) is 0 Å². The maximum absolute atomic E-state index is 14.7. The van der Waals surface area contributed by atoms with Gasteiger partial charge in [0.05, 0.1) is 11.4 Å². The molecule has 29 heavy (non-hydrogen) atoms. The number of aromatic nitrogens is 3. The summed E-state index contributed by atoms with van der Waals surface area (Å²) in [5.74, 6) is -1.97. The SMILES string of the molecule is CCn1c(=O)n(-c2ccccc2)c(=O)n1-c1cc(SCC(F)(F)F)c(C)cc1F. The van der Waals surface area contributed by atoms with Gasteiger partial charge in [-0.2, -0.15) is 17.9 Å². The average molecular weight is 427 g/mol. The van der Waals surface area contributed by atoms with Gasteiger partial charge in [0.1, 0.15) is 11.5 Å². The van der Waals surface area contributed by atoms with Crippen LogP contribution in [0.3, 0.4) is 0 Å². The minimum absolute atomic E-state index is 0.0618. The van der Waals surface area contributed by atoms with Gasteiger partial charge in [0, 0.05) is 11.4 Å². The predicted octanol–water partition coefficient (Wildman–Crippen LogP) is 3.91. The van der Waals surface area contributed by atoms with E-state index in [2.05, 4.69) is 0 Å². The van der Waals surface area contributed by atoms with E-state index in [0.717, 1.165) is 20.0 Å². The van der Waals surface area contributed by atoms with E-state index in [1.807, 2.05) is 0 Å². The topological polar surface area (TPSA) is 48.9 Å². The van der Waals surface area contributed by atoms with Gasteiger partial charge in [-0.1, -0.05) is 18.2 Å². The van der Waals surface area contributed by atoms with Crippen LogP contribution >= 0.6 is 11.8 Å². The number of alkyl halides is 3. The first kappa shape index (κ1) is 21.0. The number of hydrogen-bond acceptors (Lipinski definition) is 3. The van der Waals surface area contributed by atoms with Gasteiger partial charge in [0.25, 0.3) is 0 Å². The van der Waals surface area contributed by atoms with Crippen LogP contribution in [0.1, 0.15) is 12.5 Å². The molecule has 154 valence electrons. The molecule has 0 saturated carbocycles. The van der Waals surface area contributed by atoms with Crippen molar-refractivity contribution in [1.29, 1.82) is 0 Å². The van der Waals surface area contributed by atoms with Crippen LogP contribution in [0.25, 0.3) is 11.4 Å². The van der Waals surface area contributed by atoms with Crippen LogP contribution in [0.5, 0.6) is 0 Å². The van der Waals surface area contributed by atoms with Crippen molar-refractivity contribution in [3.05, 3.63) is 74.8 Å². The molecule has 0 radical (unpaired) electrons. The predicted molar refractivity (Wildman–Crippen MR) is 103 cm³/mol. The van der Waals surface area contributed by atoms with Crippen molar-refractivity contribution in [1.82, 2.24) is 13.9 Å². The van der Waals surface area contributed by atoms with E-state index in [4.69, 9.17) is 0 Å². The van der Waals surface area contributed by atoms with Crippen LogP contribution in [0.4, 0.5) is 17.6 Å². The Morgan fingerprint density at radius 1 is 1.03 bits per heavy atom. The zero-order chi connectivity index (χ0) is 21.3. The molecule has 5 nitrogen and oxygen atoms in total. The summed E-state index contributed by atoms with van der Waals surface area (Å²) in [6, 6.07) is 10.4. The van der Waals surface area contributed by atoms with Crippen LogP contribution < -0.4 is 11.4 Å². The average Bonchev–Trinajstić information content (AvgIpc) is 2.90. The van der Waals surface area contributed by atoms with E-state index < -0.39 is 29.1 Å². The second-order valence-electron chi connectivity index (χ2n) is 6.24. The number of rotatable bonds is 5. The van der Waals surface area contributed by atoms with E-state index in [1.165, 1.54) is 13.0 Å². The lowest BCUT2D eigenvalue weighted by molar-refractivity contribution is -0.105. The summed E-state index contributed by atoms with van der Waals surface area (Å²) in [6.07, 6.45) is -4.40. The van der Waals surface area contributed by atoms with Crippen LogP contribution in [-0.2, 0) is 6.54 Å². The third kappa shape index (κ3) is 4.16. The van der Waals surface area contributed by atoms with Crippen molar-refractivity contribution in [3.63, 3.8) is 0 Å². The third-order valence-electron chi connectivity index (χ3n) is 4.20. The minimum Gasteiger partial charge on any atom is -0.245 e. The normalized spacial score (nSPS) is 11.8. The number of thioether (sulfide) groups is 1. The molecule has 0 aliphatic heterocycles. The molecular weight excluding hydrogens is 410 g/mol. The van der Waals surface area contributed by atoms with Gasteiger partial charge in [0.2, 0.25) is 0 Å². The zero-order valence-electron chi connectivity index (χ0n) is 15.5. The van der Waals surface area contributed by atoms with Gasteiger partial charge >= 0.3 is 17.6 Å². The molecular formula is C19H17F4N3O2S. The molecule has 0 saturated heterocycles. The largest absolute Gasteiger partial charge is 0.398 e. The molecule has 1 aromatic heterocycles. The van der Waals surface area contributed by atoms with E-state index in [0.29, 0.717) is 23.0 Å². The lowest BCUT2D eigenvalue weighted by Gasteiger charge is -2.13. The Morgan fingerprint density at radius 2 is 1.69 bits per heavy atom. The highest BCUT2D eigenvalue weighted by Crippen LogP contribution is 2.31. The first-order valence-corrected chi connectivity index (χ1v) is 9.63. The molecule has 0 bridgehead atoms. The standard InChI is InChI=1S/C19H17F4N3O2S/c1-3-24-17(27)25(13-7-5-4-6-8-13)18(28)26(24)15-10-16(12(2)9-14(15)20)29-11-19(21,22)23/h4-10H,3,11H2,1-2H3. The Hall–Kier alpha value is -2.75. The number of aryl methyl sites for hydroxylation is 1. The Labute approximate surface area is 167 Å². The molecule has 0 N–H and O–H groups in total. The fraction of sp³-hybridized carbons (Fsp3) is 0.263. The fourth-order valence-corrected chi connectivity index (χ4v) is 3.71. The van der Waals surface area contributed by atoms with Crippen molar-refractivity contribution in [2.75, 3.05) is 5.75 Å². The number of para-hydroxylation sites is 1. The van der Waals surface area contributed by atoms with Crippen molar-refractivity contribution >= 4 is 11.8 Å². The second kappa shape index (κ2) is 7.94.